The molecule has 1 fully saturated rings. The van der Waals surface area contributed by atoms with Crippen LogP contribution < -0.4 is 0 Å². The Kier molecular flexibility index (Phi) is 5.31. The molecule has 1 aliphatic rings. The molecular formula is C11H19ClO2. The molecule has 0 spiro atoms. The van der Waals surface area contributed by atoms with Crippen LogP contribution in [-0.4, -0.2) is 11.5 Å². The van der Waals surface area contributed by atoms with Crippen LogP contribution in [0.25, 0.3) is 0 Å². The fourth-order valence-electron chi connectivity index (χ4n) is 1.85. The molecule has 0 N–H and O–H groups in total. The number of carbonyl (C=O) groups is 1. The minimum Gasteiger partial charge on any atom is -0.446 e. The molecule has 0 saturated heterocycles. The van der Waals surface area contributed by atoms with Crippen molar-refractivity contribution in [3.05, 3.63) is 0 Å². The number of esters is 1. The number of halogens is 1. The van der Waals surface area contributed by atoms with Gasteiger partial charge in [0, 0.05) is 0 Å². The fourth-order valence-corrected chi connectivity index (χ4v) is 2.15. The zero-order chi connectivity index (χ0) is 10.4. The summed E-state index contributed by atoms with van der Waals surface area (Å²) in [5, 5.41) is 0. The molecule has 0 amide bonds. The summed E-state index contributed by atoms with van der Waals surface area (Å²) < 4.78 is 5.16. The van der Waals surface area contributed by atoms with Crippen LogP contribution in [0.5, 0.6) is 0 Å². The summed E-state index contributed by atoms with van der Waals surface area (Å²) >= 11 is 5.85. The van der Waals surface area contributed by atoms with E-state index in [-0.39, 0.29) is 11.9 Å². The molecule has 0 heterocycles. The molecule has 1 rings (SSSR count). The topological polar surface area (TPSA) is 26.3 Å². The molecule has 82 valence electrons. The first-order valence-corrected chi connectivity index (χ1v) is 6.02. The molecule has 0 bridgehead atoms. The van der Waals surface area contributed by atoms with Gasteiger partial charge in [0.2, 0.25) is 0 Å². The van der Waals surface area contributed by atoms with Gasteiger partial charge in [0.1, 0.15) is 0 Å². The molecule has 1 unspecified atom stereocenters. The third-order valence-corrected chi connectivity index (χ3v) is 3.01. The highest BCUT2D eigenvalue weighted by atomic mass is 35.5. The summed E-state index contributed by atoms with van der Waals surface area (Å²) in [7, 11) is 0. The summed E-state index contributed by atoms with van der Waals surface area (Å²) in [6.07, 6.45) is 7.22. The number of hydrogen-bond acceptors (Lipinski definition) is 2. The van der Waals surface area contributed by atoms with Gasteiger partial charge in [-0.25, -0.2) is 0 Å². The van der Waals surface area contributed by atoms with Crippen molar-refractivity contribution in [2.45, 2.75) is 57.4 Å². The van der Waals surface area contributed by atoms with Gasteiger partial charge >= 0.3 is 5.97 Å². The van der Waals surface area contributed by atoms with Crippen LogP contribution in [-0.2, 0) is 9.53 Å². The van der Waals surface area contributed by atoms with Crippen molar-refractivity contribution >= 4 is 17.6 Å². The van der Waals surface area contributed by atoms with E-state index in [1.807, 2.05) is 6.92 Å². The Bertz CT molecular complexity index is 176. The quantitative estimate of drug-likeness (QED) is 0.534. The van der Waals surface area contributed by atoms with E-state index in [4.69, 9.17) is 16.3 Å². The largest absolute Gasteiger partial charge is 0.446 e. The lowest BCUT2D eigenvalue weighted by Crippen LogP contribution is -2.23. The summed E-state index contributed by atoms with van der Waals surface area (Å²) in [6.45, 7) is 2.03. The van der Waals surface area contributed by atoms with Crippen LogP contribution in [0.4, 0.5) is 0 Å². The third-order valence-electron chi connectivity index (χ3n) is 2.70. The maximum absolute atomic E-state index is 11.6. The average molecular weight is 219 g/mol. The Labute approximate surface area is 91.0 Å². The molecule has 1 saturated carbocycles. The Hall–Kier alpha value is -0.240. The molecular weight excluding hydrogens is 200 g/mol. The second-order valence-electron chi connectivity index (χ2n) is 3.97. The zero-order valence-corrected chi connectivity index (χ0v) is 9.55. The van der Waals surface area contributed by atoms with E-state index in [1.54, 1.807) is 0 Å². The van der Waals surface area contributed by atoms with Crippen LogP contribution in [0.15, 0.2) is 0 Å². The number of ether oxygens (including phenoxy) is 1. The summed E-state index contributed by atoms with van der Waals surface area (Å²) in [5.41, 5.74) is -0.422. The minimum atomic E-state index is -0.422. The maximum Gasteiger partial charge on any atom is 0.310 e. The Morgan fingerprint density at radius 2 is 2.07 bits per heavy atom. The van der Waals surface area contributed by atoms with Crippen molar-refractivity contribution in [1.82, 2.24) is 0 Å². The lowest BCUT2D eigenvalue weighted by Gasteiger charge is -2.21. The SMILES string of the molecule is CCCC(Cl)OC(=O)C1CCCCC1. The van der Waals surface area contributed by atoms with Gasteiger partial charge in [0.05, 0.1) is 5.92 Å². The highest BCUT2D eigenvalue weighted by molar-refractivity contribution is 6.20. The second-order valence-corrected chi connectivity index (χ2v) is 4.46. The van der Waals surface area contributed by atoms with Crippen LogP contribution >= 0.6 is 11.6 Å². The van der Waals surface area contributed by atoms with Gasteiger partial charge in [-0.2, -0.15) is 0 Å². The van der Waals surface area contributed by atoms with Crippen molar-refractivity contribution in [2.75, 3.05) is 0 Å². The van der Waals surface area contributed by atoms with Crippen molar-refractivity contribution in [1.29, 1.82) is 0 Å². The van der Waals surface area contributed by atoms with Crippen molar-refractivity contribution in [3.63, 3.8) is 0 Å². The van der Waals surface area contributed by atoms with E-state index in [0.29, 0.717) is 0 Å². The highest BCUT2D eigenvalue weighted by Crippen LogP contribution is 2.25. The molecule has 14 heavy (non-hydrogen) atoms. The van der Waals surface area contributed by atoms with Gasteiger partial charge in [0.25, 0.3) is 0 Å². The Morgan fingerprint density at radius 1 is 1.43 bits per heavy atom. The lowest BCUT2D eigenvalue weighted by atomic mass is 9.89. The first-order valence-electron chi connectivity index (χ1n) is 5.58. The minimum absolute atomic E-state index is 0.0850. The average Bonchev–Trinajstić information content (AvgIpc) is 2.19. The van der Waals surface area contributed by atoms with Gasteiger partial charge in [-0.1, -0.05) is 44.2 Å². The molecule has 0 radical (unpaired) electrons. The second kappa shape index (κ2) is 6.28. The molecule has 0 aromatic rings. The van der Waals surface area contributed by atoms with Gasteiger partial charge in [-0.05, 0) is 19.3 Å². The van der Waals surface area contributed by atoms with Gasteiger partial charge in [0.15, 0.2) is 5.56 Å². The first kappa shape index (κ1) is 11.8. The van der Waals surface area contributed by atoms with E-state index in [2.05, 4.69) is 0 Å². The zero-order valence-electron chi connectivity index (χ0n) is 8.80. The van der Waals surface area contributed by atoms with Crippen LogP contribution in [0.1, 0.15) is 51.9 Å². The smallest absolute Gasteiger partial charge is 0.310 e. The maximum atomic E-state index is 11.6. The molecule has 1 aliphatic carbocycles. The van der Waals surface area contributed by atoms with E-state index < -0.39 is 5.56 Å². The van der Waals surface area contributed by atoms with Crippen LogP contribution in [0, 0.1) is 5.92 Å². The summed E-state index contributed by atoms with van der Waals surface area (Å²) in [6, 6.07) is 0. The summed E-state index contributed by atoms with van der Waals surface area (Å²) in [4.78, 5) is 11.6. The van der Waals surface area contributed by atoms with Crippen molar-refractivity contribution in [3.8, 4) is 0 Å². The normalized spacial score (nSPS) is 20.4. The molecule has 0 aliphatic heterocycles. The predicted octanol–water partition coefficient (Wildman–Crippen LogP) is 3.47. The van der Waals surface area contributed by atoms with Gasteiger partial charge in [-0.15, -0.1) is 0 Å². The number of hydrogen-bond donors (Lipinski definition) is 0. The van der Waals surface area contributed by atoms with Gasteiger partial charge in [-0.3, -0.25) is 4.79 Å². The monoisotopic (exact) mass is 218 g/mol. The van der Waals surface area contributed by atoms with E-state index in [1.165, 1.54) is 6.42 Å². The van der Waals surface area contributed by atoms with E-state index in [0.717, 1.165) is 38.5 Å². The lowest BCUT2D eigenvalue weighted by molar-refractivity contribution is -0.151. The molecule has 0 aromatic heterocycles. The highest BCUT2D eigenvalue weighted by Gasteiger charge is 2.24. The van der Waals surface area contributed by atoms with Crippen molar-refractivity contribution < 1.29 is 9.53 Å². The number of rotatable bonds is 4. The Balaban J connectivity index is 2.25. The van der Waals surface area contributed by atoms with Crippen LogP contribution in [0.3, 0.4) is 0 Å². The molecule has 0 aromatic carbocycles. The number of carbonyl (C=O) groups excluding carboxylic acids is 1. The Morgan fingerprint density at radius 3 is 2.64 bits per heavy atom. The van der Waals surface area contributed by atoms with Crippen molar-refractivity contribution in [2.24, 2.45) is 5.92 Å². The molecule has 3 heteroatoms. The van der Waals surface area contributed by atoms with Gasteiger partial charge < -0.3 is 4.74 Å². The predicted molar refractivity (Wildman–Crippen MR) is 57.2 cm³/mol. The van der Waals surface area contributed by atoms with E-state index >= 15 is 0 Å². The standard InChI is InChI=1S/C11H19ClO2/c1-2-6-10(12)14-11(13)9-7-4-3-5-8-9/h9-10H,2-8H2,1H3. The fraction of sp³-hybridized carbons (Fsp3) is 0.909. The third kappa shape index (κ3) is 3.87. The molecule has 2 nitrogen and oxygen atoms in total. The van der Waals surface area contributed by atoms with Crippen LogP contribution in [0.2, 0.25) is 0 Å². The van der Waals surface area contributed by atoms with E-state index in [9.17, 15) is 4.79 Å². The molecule has 1 atom stereocenters. The summed E-state index contributed by atoms with van der Waals surface area (Å²) in [5.74, 6) is 0.0278. The first-order chi connectivity index (χ1) is 6.74. The number of alkyl halides is 1.